The molecule has 0 amide bonds. The Labute approximate surface area is 136 Å². The van der Waals surface area contributed by atoms with Crippen molar-refractivity contribution >= 4 is 5.97 Å². The first-order valence-electron chi connectivity index (χ1n) is 7.47. The van der Waals surface area contributed by atoms with E-state index in [0.717, 1.165) is 11.3 Å². The highest BCUT2D eigenvalue weighted by Gasteiger charge is 2.08. The van der Waals surface area contributed by atoms with Gasteiger partial charge in [0.25, 0.3) is 0 Å². The number of ether oxygens (including phenoxy) is 2. The highest BCUT2D eigenvalue weighted by Crippen LogP contribution is 2.15. The summed E-state index contributed by atoms with van der Waals surface area (Å²) in [4.78, 5) is 12.0. The number of nitrogens with zero attached hydrogens (tertiary/aromatic N) is 1. The molecule has 0 heterocycles. The lowest BCUT2D eigenvalue weighted by atomic mass is 10.1. The molecule has 0 aliphatic rings. The lowest BCUT2D eigenvalue weighted by Crippen LogP contribution is -2.06. The van der Waals surface area contributed by atoms with Crippen LogP contribution in [-0.4, -0.2) is 12.6 Å². The van der Waals surface area contributed by atoms with Gasteiger partial charge in [-0.05, 0) is 47.9 Å². The summed E-state index contributed by atoms with van der Waals surface area (Å²) in [6.07, 6.45) is 0. The first-order valence-corrected chi connectivity index (χ1v) is 7.47. The van der Waals surface area contributed by atoms with E-state index in [1.807, 2.05) is 6.07 Å². The van der Waals surface area contributed by atoms with Crippen LogP contribution in [-0.2, 0) is 11.3 Å². The molecule has 0 radical (unpaired) electrons. The van der Waals surface area contributed by atoms with Crippen LogP contribution in [0.5, 0.6) is 5.75 Å². The van der Waals surface area contributed by atoms with Crippen LogP contribution in [0, 0.1) is 17.2 Å². The first-order chi connectivity index (χ1) is 11.1. The quantitative estimate of drug-likeness (QED) is 0.758. The number of benzene rings is 2. The van der Waals surface area contributed by atoms with Crippen LogP contribution in [0.1, 0.15) is 35.3 Å². The standard InChI is InChI=1S/C19H19NO3/c1-14(2)12-22-18-9-7-17(8-10-18)19(21)23-13-16-5-3-15(11-20)4-6-16/h3-10,14H,12-13H2,1-2H3. The van der Waals surface area contributed by atoms with Crippen LogP contribution in [0.25, 0.3) is 0 Å². The van der Waals surface area contributed by atoms with E-state index in [0.29, 0.717) is 23.7 Å². The van der Waals surface area contributed by atoms with E-state index in [2.05, 4.69) is 13.8 Å². The van der Waals surface area contributed by atoms with Gasteiger partial charge in [-0.3, -0.25) is 0 Å². The topological polar surface area (TPSA) is 59.3 Å². The Kier molecular flexibility index (Phi) is 5.76. The van der Waals surface area contributed by atoms with Crippen LogP contribution >= 0.6 is 0 Å². The van der Waals surface area contributed by atoms with Crippen molar-refractivity contribution in [3.63, 3.8) is 0 Å². The summed E-state index contributed by atoms with van der Waals surface area (Å²) in [7, 11) is 0. The number of carbonyl (C=O) groups excluding carboxylic acids is 1. The van der Waals surface area contributed by atoms with Crippen molar-refractivity contribution in [2.45, 2.75) is 20.5 Å². The number of esters is 1. The van der Waals surface area contributed by atoms with Gasteiger partial charge in [-0.15, -0.1) is 0 Å². The van der Waals surface area contributed by atoms with Crippen LogP contribution in [0.2, 0.25) is 0 Å². The predicted molar refractivity (Wildman–Crippen MR) is 87.1 cm³/mol. The fourth-order valence-corrected chi connectivity index (χ4v) is 1.86. The molecular formula is C19H19NO3. The second-order valence-corrected chi connectivity index (χ2v) is 5.61. The van der Waals surface area contributed by atoms with Crippen LogP contribution in [0.4, 0.5) is 0 Å². The maximum Gasteiger partial charge on any atom is 0.338 e. The van der Waals surface area contributed by atoms with Crippen molar-refractivity contribution in [2.75, 3.05) is 6.61 Å². The molecule has 0 fully saturated rings. The third-order valence-corrected chi connectivity index (χ3v) is 3.13. The van der Waals surface area contributed by atoms with Crippen molar-refractivity contribution in [1.29, 1.82) is 5.26 Å². The molecule has 0 saturated carbocycles. The van der Waals surface area contributed by atoms with Gasteiger partial charge in [0.15, 0.2) is 0 Å². The molecule has 118 valence electrons. The van der Waals surface area contributed by atoms with Crippen molar-refractivity contribution in [3.8, 4) is 11.8 Å². The summed E-state index contributed by atoms with van der Waals surface area (Å²) < 4.78 is 10.8. The monoisotopic (exact) mass is 309 g/mol. The molecule has 0 aliphatic carbocycles. The van der Waals surface area contributed by atoms with Gasteiger partial charge < -0.3 is 9.47 Å². The molecule has 0 spiro atoms. The van der Waals surface area contributed by atoms with Gasteiger partial charge in [0.1, 0.15) is 12.4 Å². The number of rotatable bonds is 6. The van der Waals surface area contributed by atoms with E-state index >= 15 is 0 Å². The zero-order chi connectivity index (χ0) is 16.7. The summed E-state index contributed by atoms with van der Waals surface area (Å²) in [6, 6.07) is 15.9. The number of hydrogen-bond donors (Lipinski definition) is 0. The molecule has 0 aromatic heterocycles. The van der Waals surface area contributed by atoms with E-state index in [4.69, 9.17) is 14.7 Å². The second-order valence-electron chi connectivity index (χ2n) is 5.61. The molecule has 0 N–H and O–H groups in total. The summed E-state index contributed by atoms with van der Waals surface area (Å²) in [5.41, 5.74) is 1.90. The average Bonchev–Trinajstić information content (AvgIpc) is 2.58. The molecule has 0 bridgehead atoms. The van der Waals surface area contributed by atoms with E-state index < -0.39 is 0 Å². The lowest BCUT2D eigenvalue weighted by molar-refractivity contribution is 0.0472. The summed E-state index contributed by atoms with van der Waals surface area (Å²) in [5, 5.41) is 8.74. The average molecular weight is 309 g/mol. The molecule has 0 saturated heterocycles. The van der Waals surface area contributed by atoms with Gasteiger partial charge in [-0.1, -0.05) is 26.0 Å². The molecule has 0 aliphatic heterocycles. The van der Waals surface area contributed by atoms with E-state index in [-0.39, 0.29) is 12.6 Å². The van der Waals surface area contributed by atoms with Gasteiger partial charge in [-0.2, -0.15) is 5.26 Å². The Hall–Kier alpha value is -2.80. The number of nitriles is 1. The Balaban J connectivity index is 1.88. The molecule has 4 nitrogen and oxygen atoms in total. The number of hydrogen-bond acceptors (Lipinski definition) is 4. The molecule has 2 aromatic rings. The zero-order valence-corrected chi connectivity index (χ0v) is 13.3. The van der Waals surface area contributed by atoms with Gasteiger partial charge in [0.05, 0.1) is 23.8 Å². The lowest BCUT2D eigenvalue weighted by Gasteiger charge is -2.09. The smallest absolute Gasteiger partial charge is 0.338 e. The van der Waals surface area contributed by atoms with Gasteiger partial charge in [0.2, 0.25) is 0 Å². The molecule has 0 atom stereocenters. The van der Waals surface area contributed by atoms with Crippen molar-refractivity contribution < 1.29 is 14.3 Å². The molecule has 4 heteroatoms. The Bertz CT molecular complexity index is 682. The third-order valence-electron chi connectivity index (χ3n) is 3.13. The summed E-state index contributed by atoms with van der Waals surface area (Å²) in [5.74, 6) is 0.805. The van der Waals surface area contributed by atoms with Crippen LogP contribution < -0.4 is 4.74 Å². The van der Waals surface area contributed by atoms with Gasteiger partial charge >= 0.3 is 5.97 Å². The minimum atomic E-state index is -0.384. The van der Waals surface area contributed by atoms with E-state index in [1.54, 1.807) is 48.5 Å². The Morgan fingerprint density at radius 2 is 1.74 bits per heavy atom. The molecule has 0 unspecified atom stereocenters. The van der Waals surface area contributed by atoms with E-state index in [1.165, 1.54) is 0 Å². The van der Waals surface area contributed by atoms with Crippen LogP contribution in [0.3, 0.4) is 0 Å². The Morgan fingerprint density at radius 3 is 2.30 bits per heavy atom. The maximum absolute atomic E-state index is 12.0. The predicted octanol–water partition coefficient (Wildman–Crippen LogP) is 3.95. The van der Waals surface area contributed by atoms with Gasteiger partial charge in [-0.25, -0.2) is 4.79 Å². The first kappa shape index (κ1) is 16.6. The fourth-order valence-electron chi connectivity index (χ4n) is 1.86. The largest absolute Gasteiger partial charge is 0.493 e. The SMILES string of the molecule is CC(C)COc1ccc(C(=O)OCc2ccc(C#N)cc2)cc1. The minimum absolute atomic E-state index is 0.177. The molecule has 23 heavy (non-hydrogen) atoms. The normalized spacial score (nSPS) is 10.2. The molecule has 2 rings (SSSR count). The van der Waals surface area contributed by atoms with Gasteiger partial charge in [0, 0.05) is 0 Å². The number of carbonyl (C=O) groups is 1. The Morgan fingerprint density at radius 1 is 1.09 bits per heavy atom. The highest BCUT2D eigenvalue weighted by atomic mass is 16.5. The van der Waals surface area contributed by atoms with E-state index in [9.17, 15) is 4.79 Å². The fraction of sp³-hybridized carbons (Fsp3) is 0.263. The van der Waals surface area contributed by atoms with Crippen molar-refractivity contribution in [2.24, 2.45) is 5.92 Å². The van der Waals surface area contributed by atoms with Crippen molar-refractivity contribution in [3.05, 3.63) is 65.2 Å². The minimum Gasteiger partial charge on any atom is -0.493 e. The molecular weight excluding hydrogens is 290 g/mol. The zero-order valence-electron chi connectivity index (χ0n) is 13.3. The van der Waals surface area contributed by atoms with Crippen LogP contribution in [0.15, 0.2) is 48.5 Å². The maximum atomic E-state index is 12.0. The van der Waals surface area contributed by atoms with Crippen molar-refractivity contribution in [1.82, 2.24) is 0 Å². The summed E-state index contributed by atoms with van der Waals surface area (Å²) >= 11 is 0. The third kappa shape index (κ3) is 5.15. The second kappa shape index (κ2) is 8.00. The summed E-state index contributed by atoms with van der Waals surface area (Å²) in [6.45, 7) is 4.97. The highest BCUT2D eigenvalue weighted by molar-refractivity contribution is 5.89. The molecule has 2 aromatic carbocycles.